The van der Waals surface area contributed by atoms with E-state index >= 15 is 0 Å². The molecule has 0 saturated carbocycles. The van der Waals surface area contributed by atoms with Gasteiger partial charge in [-0.05, 0) is 66.9 Å². The van der Waals surface area contributed by atoms with E-state index in [1.54, 1.807) is 4.90 Å². The number of carbonyl (C=O) groups is 2. The van der Waals surface area contributed by atoms with Crippen molar-refractivity contribution in [2.45, 2.75) is 45.4 Å². The fourth-order valence-electron chi connectivity index (χ4n) is 3.37. The molecule has 158 valence electrons. The third kappa shape index (κ3) is 6.29. The third-order valence-electron chi connectivity index (χ3n) is 5.03. The van der Waals surface area contributed by atoms with Gasteiger partial charge in [0.2, 0.25) is 11.8 Å². The van der Waals surface area contributed by atoms with Gasteiger partial charge in [-0.25, -0.2) is 0 Å². The number of nitrogens with zero attached hydrogens (tertiary/aromatic N) is 1. The first-order valence-corrected chi connectivity index (χ1v) is 10.8. The molecule has 30 heavy (non-hydrogen) atoms. The largest absolute Gasteiger partial charge is 0.331 e. The van der Waals surface area contributed by atoms with Crippen LogP contribution in [0.25, 0.3) is 0 Å². The SMILES string of the molecule is CCCCc1ccc(NC(=S)NNC(=O)Cc2ccc(N3CCCC3=O)cc2)cc1. The number of carbonyl (C=O) groups excluding carboxylic acids is 2. The fraction of sp³-hybridized carbons (Fsp3) is 0.348. The molecule has 0 aromatic heterocycles. The van der Waals surface area contributed by atoms with E-state index in [9.17, 15) is 9.59 Å². The molecule has 2 aromatic rings. The van der Waals surface area contributed by atoms with Crippen molar-refractivity contribution in [2.24, 2.45) is 0 Å². The maximum absolute atomic E-state index is 12.2. The number of amides is 2. The Morgan fingerprint density at radius 2 is 1.73 bits per heavy atom. The highest BCUT2D eigenvalue weighted by Gasteiger charge is 2.21. The second kappa shape index (κ2) is 10.7. The summed E-state index contributed by atoms with van der Waals surface area (Å²) in [4.78, 5) is 25.8. The van der Waals surface area contributed by atoms with Gasteiger partial charge in [-0.1, -0.05) is 37.6 Å². The van der Waals surface area contributed by atoms with Crippen LogP contribution in [0, 0.1) is 0 Å². The van der Waals surface area contributed by atoms with Gasteiger partial charge in [0, 0.05) is 24.3 Å². The Balaban J connectivity index is 1.41. The zero-order valence-corrected chi connectivity index (χ0v) is 18.1. The van der Waals surface area contributed by atoms with Crippen molar-refractivity contribution < 1.29 is 9.59 Å². The molecule has 3 N–H and O–H groups in total. The number of nitrogens with one attached hydrogen (secondary N) is 3. The minimum Gasteiger partial charge on any atom is -0.331 e. The molecule has 3 rings (SSSR count). The average molecular weight is 425 g/mol. The molecule has 0 unspecified atom stereocenters. The zero-order chi connectivity index (χ0) is 21.3. The molecule has 2 amide bonds. The molecule has 0 bridgehead atoms. The first-order chi connectivity index (χ1) is 14.5. The highest BCUT2D eigenvalue weighted by Crippen LogP contribution is 2.21. The summed E-state index contributed by atoms with van der Waals surface area (Å²) in [5.74, 6) is -0.0413. The third-order valence-corrected chi connectivity index (χ3v) is 5.24. The molecule has 1 aliphatic rings. The van der Waals surface area contributed by atoms with E-state index in [2.05, 4.69) is 35.2 Å². The summed E-state index contributed by atoms with van der Waals surface area (Å²) in [6, 6.07) is 15.6. The van der Waals surface area contributed by atoms with Gasteiger partial charge < -0.3 is 10.2 Å². The van der Waals surface area contributed by atoms with Gasteiger partial charge in [-0.3, -0.25) is 20.4 Å². The predicted octanol–water partition coefficient (Wildman–Crippen LogP) is 3.72. The standard InChI is InChI=1S/C23H28N4O2S/c1-2-3-5-17-7-11-19(12-8-17)24-23(30)26-25-21(28)16-18-9-13-20(14-10-18)27-15-4-6-22(27)29/h7-14H,2-6,15-16H2,1H3,(H,25,28)(H2,24,26,30). The normalized spacial score (nSPS) is 13.2. The number of hydrazine groups is 1. The van der Waals surface area contributed by atoms with Crippen LogP contribution >= 0.6 is 12.2 Å². The Morgan fingerprint density at radius 3 is 2.37 bits per heavy atom. The zero-order valence-electron chi connectivity index (χ0n) is 17.2. The topological polar surface area (TPSA) is 73.5 Å². The fourth-order valence-corrected chi connectivity index (χ4v) is 3.54. The van der Waals surface area contributed by atoms with Crippen molar-refractivity contribution in [3.8, 4) is 0 Å². The number of aryl methyl sites for hydroxylation is 1. The number of hydrogen-bond donors (Lipinski definition) is 3. The number of rotatable bonds is 7. The molecule has 2 aromatic carbocycles. The van der Waals surface area contributed by atoms with E-state index in [0.29, 0.717) is 11.5 Å². The van der Waals surface area contributed by atoms with Crippen molar-refractivity contribution in [1.82, 2.24) is 10.9 Å². The van der Waals surface area contributed by atoms with Crippen LogP contribution in [0.3, 0.4) is 0 Å². The minimum atomic E-state index is -0.195. The maximum Gasteiger partial charge on any atom is 0.242 e. The van der Waals surface area contributed by atoms with Crippen LogP contribution in [0.15, 0.2) is 48.5 Å². The van der Waals surface area contributed by atoms with Crippen LogP contribution < -0.4 is 21.1 Å². The summed E-state index contributed by atoms with van der Waals surface area (Å²) in [6.07, 6.45) is 5.15. The van der Waals surface area contributed by atoms with Crippen molar-refractivity contribution in [3.05, 3.63) is 59.7 Å². The number of benzene rings is 2. The van der Waals surface area contributed by atoms with Gasteiger partial charge in [0.05, 0.1) is 6.42 Å². The molecule has 0 spiro atoms. The van der Waals surface area contributed by atoms with Crippen molar-refractivity contribution in [3.63, 3.8) is 0 Å². The minimum absolute atomic E-state index is 0.154. The average Bonchev–Trinajstić information content (AvgIpc) is 3.18. The summed E-state index contributed by atoms with van der Waals surface area (Å²) >= 11 is 5.24. The van der Waals surface area contributed by atoms with Crippen molar-refractivity contribution in [2.75, 3.05) is 16.8 Å². The van der Waals surface area contributed by atoms with Crippen LogP contribution in [0.2, 0.25) is 0 Å². The van der Waals surface area contributed by atoms with Crippen LogP contribution in [-0.4, -0.2) is 23.5 Å². The Hall–Kier alpha value is -2.93. The molecule has 0 atom stereocenters. The predicted molar refractivity (Wildman–Crippen MR) is 124 cm³/mol. The van der Waals surface area contributed by atoms with E-state index < -0.39 is 0 Å². The lowest BCUT2D eigenvalue weighted by Crippen LogP contribution is -2.44. The van der Waals surface area contributed by atoms with Gasteiger partial charge in [-0.2, -0.15) is 0 Å². The summed E-state index contributed by atoms with van der Waals surface area (Å²) in [6.45, 7) is 2.94. The van der Waals surface area contributed by atoms with Gasteiger partial charge in [0.25, 0.3) is 0 Å². The highest BCUT2D eigenvalue weighted by atomic mass is 32.1. The van der Waals surface area contributed by atoms with E-state index in [1.807, 2.05) is 36.4 Å². The van der Waals surface area contributed by atoms with Crippen LogP contribution in [0.1, 0.15) is 43.7 Å². The number of unbranched alkanes of at least 4 members (excludes halogenated alkanes) is 1. The Labute approximate surface area is 183 Å². The smallest absolute Gasteiger partial charge is 0.242 e. The molecule has 7 heteroatoms. The van der Waals surface area contributed by atoms with Crippen molar-refractivity contribution in [1.29, 1.82) is 0 Å². The molecular weight excluding hydrogens is 396 g/mol. The van der Waals surface area contributed by atoms with E-state index in [-0.39, 0.29) is 18.2 Å². The molecular formula is C23H28N4O2S. The first-order valence-electron chi connectivity index (χ1n) is 10.4. The first kappa shape index (κ1) is 21.8. The Kier molecular flexibility index (Phi) is 7.79. The molecule has 6 nitrogen and oxygen atoms in total. The van der Waals surface area contributed by atoms with Crippen LogP contribution in [0.5, 0.6) is 0 Å². The molecule has 0 aliphatic carbocycles. The lowest BCUT2D eigenvalue weighted by molar-refractivity contribution is -0.121. The second-order valence-corrected chi connectivity index (χ2v) is 7.83. The van der Waals surface area contributed by atoms with Crippen LogP contribution in [0.4, 0.5) is 11.4 Å². The van der Waals surface area contributed by atoms with Gasteiger partial charge in [0.1, 0.15) is 0 Å². The molecule has 1 aliphatic heterocycles. The van der Waals surface area contributed by atoms with E-state index in [0.717, 1.165) is 36.3 Å². The van der Waals surface area contributed by atoms with Crippen molar-refractivity contribution >= 4 is 40.5 Å². The maximum atomic E-state index is 12.2. The van der Waals surface area contributed by atoms with Gasteiger partial charge >= 0.3 is 0 Å². The molecule has 1 heterocycles. The molecule has 1 saturated heterocycles. The Morgan fingerprint density at radius 1 is 1.03 bits per heavy atom. The number of hydrogen-bond acceptors (Lipinski definition) is 3. The summed E-state index contributed by atoms with van der Waals surface area (Å²) in [7, 11) is 0. The quantitative estimate of drug-likeness (QED) is 0.467. The lowest BCUT2D eigenvalue weighted by atomic mass is 10.1. The number of thiocarbonyl (C=S) groups is 1. The lowest BCUT2D eigenvalue weighted by Gasteiger charge is -2.16. The van der Waals surface area contributed by atoms with E-state index in [4.69, 9.17) is 12.2 Å². The molecule has 1 fully saturated rings. The Bertz CT molecular complexity index is 881. The van der Waals surface area contributed by atoms with Gasteiger partial charge in [0.15, 0.2) is 5.11 Å². The monoisotopic (exact) mass is 424 g/mol. The number of anilines is 2. The summed E-state index contributed by atoms with van der Waals surface area (Å²) < 4.78 is 0. The van der Waals surface area contributed by atoms with Gasteiger partial charge in [-0.15, -0.1) is 0 Å². The highest BCUT2D eigenvalue weighted by molar-refractivity contribution is 7.80. The second-order valence-electron chi connectivity index (χ2n) is 7.42. The summed E-state index contributed by atoms with van der Waals surface area (Å²) in [5, 5.41) is 3.38. The summed E-state index contributed by atoms with van der Waals surface area (Å²) in [5.41, 5.74) is 9.26. The van der Waals surface area contributed by atoms with Crippen LogP contribution in [-0.2, 0) is 22.4 Å². The molecule has 0 radical (unpaired) electrons. The van der Waals surface area contributed by atoms with E-state index in [1.165, 1.54) is 18.4 Å².